The third-order valence-electron chi connectivity index (χ3n) is 5.80. The summed E-state index contributed by atoms with van der Waals surface area (Å²) in [4.78, 5) is 25.5. The lowest BCUT2D eigenvalue weighted by Gasteiger charge is -2.15. The molecule has 7 heteroatoms. The summed E-state index contributed by atoms with van der Waals surface area (Å²) >= 11 is 6.61. The van der Waals surface area contributed by atoms with Crippen molar-refractivity contribution < 1.29 is 19.1 Å². The number of amides is 2. The van der Waals surface area contributed by atoms with Crippen LogP contribution in [0.1, 0.15) is 18.1 Å². The van der Waals surface area contributed by atoms with E-state index >= 15 is 0 Å². The lowest BCUT2D eigenvalue weighted by Crippen LogP contribution is -2.35. The Morgan fingerprint density at radius 2 is 1.67 bits per heavy atom. The number of anilines is 1. The number of hydrogen-bond donors (Lipinski definition) is 1. The van der Waals surface area contributed by atoms with Crippen LogP contribution in [0.2, 0.25) is 5.02 Å². The summed E-state index contributed by atoms with van der Waals surface area (Å²) in [5.74, 6) is -0.102. The van der Waals surface area contributed by atoms with Gasteiger partial charge in [-0.15, -0.1) is 0 Å². The van der Waals surface area contributed by atoms with Crippen LogP contribution in [0.25, 0.3) is 16.8 Å². The van der Waals surface area contributed by atoms with Gasteiger partial charge in [-0.1, -0.05) is 72.3 Å². The van der Waals surface area contributed by atoms with Gasteiger partial charge in [-0.05, 0) is 59.2 Å². The standard InChI is InChI=1S/C29H23ClN2O4/c1-2-35-26-17-19(15-24-28(33)31-32(29(24)34)22-12-4-3-5-13-22)16-25(30)27(26)36-18-21-11-8-10-20-9-6-7-14-23(20)21/h3-17H,2,18H2,1H3,(H,31,33)/b24-15-. The van der Waals surface area contributed by atoms with Crippen molar-refractivity contribution >= 4 is 46.0 Å². The number of carbonyl (C=O) groups is 2. The maximum atomic E-state index is 12.9. The molecule has 36 heavy (non-hydrogen) atoms. The molecule has 1 aliphatic heterocycles. The van der Waals surface area contributed by atoms with E-state index in [4.69, 9.17) is 21.1 Å². The first-order chi connectivity index (χ1) is 17.5. The van der Waals surface area contributed by atoms with Crippen LogP contribution in [-0.2, 0) is 16.2 Å². The number of ether oxygens (including phenoxy) is 2. The second-order valence-electron chi connectivity index (χ2n) is 8.16. The van der Waals surface area contributed by atoms with Gasteiger partial charge in [0, 0.05) is 0 Å². The fourth-order valence-corrected chi connectivity index (χ4v) is 4.40. The topological polar surface area (TPSA) is 67.9 Å². The first kappa shape index (κ1) is 23.5. The molecule has 0 spiro atoms. The first-order valence-corrected chi connectivity index (χ1v) is 11.9. The van der Waals surface area contributed by atoms with E-state index in [2.05, 4.69) is 23.6 Å². The molecule has 0 aliphatic carbocycles. The molecule has 0 bridgehead atoms. The van der Waals surface area contributed by atoms with Gasteiger partial charge in [0.1, 0.15) is 12.2 Å². The minimum Gasteiger partial charge on any atom is -0.490 e. The van der Waals surface area contributed by atoms with E-state index in [1.54, 1.807) is 36.4 Å². The number of para-hydroxylation sites is 1. The van der Waals surface area contributed by atoms with Gasteiger partial charge in [0.15, 0.2) is 11.5 Å². The summed E-state index contributed by atoms with van der Waals surface area (Å²) in [6, 6.07) is 26.4. The lowest BCUT2D eigenvalue weighted by atomic mass is 10.1. The Morgan fingerprint density at radius 1 is 0.917 bits per heavy atom. The number of carbonyl (C=O) groups excluding carboxylic acids is 2. The van der Waals surface area contributed by atoms with E-state index in [-0.39, 0.29) is 5.57 Å². The maximum Gasteiger partial charge on any atom is 0.282 e. The molecule has 1 aliphatic rings. The van der Waals surface area contributed by atoms with Gasteiger partial charge in [-0.2, -0.15) is 0 Å². The monoisotopic (exact) mass is 498 g/mol. The molecule has 1 saturated heterocycles. The van der Waals surface area contributed by atoms with Crippen LogP contribution in [-0.4, -0.2) is 18.4 Å². The Balaban J connectivity index is 1.43. The molecule has 1 fully saturated rings. The number of hydrogen-bond acceptors (Lipinski definition) is 4. The maximum absolute atomic E-state index is 12.9. The highest BCUT2D eigenvalue weighted by Gasteiger charge is 2.34. The summed E-state index contributed by atoms with van der Waals surface area (Å²) in [5.41, 5.74) is 4.74. The smallest absolute Gasteiger partial charge is 0.282 e. The van der Waals surface area contributed by atoms with Crippen molar-refractivity contribution in [3.05, 3.63) is 107 Å². The van der Waals surface area contributed by atoms with Crippen LogP contribution in [0.3, 0.4) is 0 Å². The Hall–Kier alpha value is -4.29. The fourth-order valence-electron chi connectivity index (χ4n) is 4.13. The summed E-state index contributed by atoms with van der Waals surface area (Å²) in [6.07, 6.45) is 1.50. The van der Waals surface area contributed by atoms with Crippen molar-refractivity contribution in [1.29, 1.82) is 0 Å². The normalized spacial score (nSPS) is 14.4. The average molecular weight is 499 g/mol. The average Bonchev–Trinajstić information content (AvgIpc) is 3.17. The molecule has 0 radical (unpaired) electrons. The molecule has 5 rings (SSSR count). The zero-order chi connectivity index (χ0) is 25.1. The third kappa shape index (κ3) is 4.63. The van der Waals surface area contributed by atoms with E-state index in [1.807, 2.05) is 37.3 Å². The Morgan fingerprint density at radius 3 is 2.47 bits per heavy atom. The number of rotatable bonds is 7. The zero-order valence-electron chi connectivity index (χ0n) is 19.5. The minimum absolute atomic E-state index is 0.00166. The molecule has 0 saturated carbocycles. The SMILES string of the molecule is CCOc1cc(/C=C2/C(=O)NN(c3ccccc3)C2=O)cc(Cl)c1OCc1cccc2ccccc12. The quantitative estimate of drug-likeness (QED) is 0.253. The number of nitrogens with zero attached hydrogens (tertiary/aromatic N) is 1. The Labute approximate surface area is 213 Å². The van der Waals surface area contributed by atoms with Gasteiger partial charge < -0.3 is 9.47 Å². The molecule has 0 aromatic heterocycles. The van der Waals surface area contributed by atoms with Crippen molar-refractivity contribution in [1.82, 2.24) is 5.43 Å². The van der Waals surface area contributed by atoms with Crippen LogP contribution >= 0.6 is 11.6 Å². The van der Waals surface area contributed by atoms with Gasteiger partial charge >= 0.3 is 0 Å². The highest BCUT2D eigenvalue weighted by molar-refractivity contribution is 6.33. The molecule has 0 atom stereocenters. The Kier molecular flexibility index (Phi) is 6.60. The zero-order valence-corrected chi connectivity index (χ0v) is 20.3. The van der Waals surface area contributed by atoms with Gasteiger partial charge in [0.25, 0.3) is 11.8 Å². The van der Waals surface area contributed by atoms with E-state index in [0.29, 0.717) is 41.0 Å². The first-order valence-electron chi connectivity index (χ1n) is 11.5. The van der Waals surface area contributed by atoms with E-state index in [1.165, 1.54) is 11.1 Å². The van der Waals surface area contributed by atoms with Crippen molar-refractivity contribution in [3.63, 3.8) is 0 Å². The number of fused-ring (bicyclic) bond motifs is 1. The number of halogens is 1. The van der Waals surface area contributed by atoms with Gasteiger partial charge in [-0.25, -0.2) is 5.01 Å². The summed E-state index contributed by atoms with van der Waals surface area (Å²) in [7, 11) is 0. The van der Waals surface area contributed by atoms with Crippen molar-refractivity contribution in [3.8, 4) is 11.5 Å². The second kappa shape index (κ2) is 10.1. The number of nitrogens with one attached hydrogen (secondary N) is 1. The molecular weight excluding hydrogens is 476 g/mol. The van der Waals surface area contributed by atoms with Gasteiger partial charge in [-0.3, -0.25) is 15.0 Å². The predicted molar refractivity (Wildman–Crippen MR) is 141 cm³/mol. The molecule has 1 heterocycles. The molecular formula is C29H23ClN2O4. The molecule has 2 amide bonds. The van der Waals surface area contributed by atoms with Crippen LogP contribution in [0.15, 0.2) is 90.5 Å². The highest BCUT2D eigenvalue weighted by Crippen LogP contribution is 2.38. The fraction of sp³-hybridized carbons (Fsp3) is 0.103. The van der Waals surface area contributed by atoms with Crippen LogP contribution in [0.4, 0.5) is 5.69 Å². The second-order valence-corrected chi connectivity index (χ2v) is 8.57. The summed E-state index contributed by atoms with van der Waals surface area (Å²) < 4.78 is 11.9. The molecule has 0 unspecified atom stereocenters. The highest BCUT2D eigenvalue weighted by atomic mass is 35.5. The van der Waals surface area contributed by atoms with Gasteiger partial charge in [0.05, 0.1) is 17.3 Å². The summed E-state index contributed by atoms with van der Waals surface area (Å²) in [5, 5.41) is 3.77. The van der Waals surface area contributed by atoms with Crippen LogP contribution < -0.4 is 19.9 Å². The third-order valence-corrected chi connectivity index (χ3v) is 6.08. The largest absolute Gasteiger partial charge is 0.490 e. The van der Waals surface area contributed by atoms with Crippen LogP contribution in [0.5, 0.6) is 11.5 Å². The minimum atomic E-state index is -0.491. The van der Waals surface area contributed by atoms with Crippen LogP contribution in [0, 0.1) is 0 Å². The molecule has 4 aromatic carbocycles. The number of benzene rings is 4. The summed E-state index contributed by atoms with van der Waals surface area (Å²) in [6.45, 7) is 2.55. The van der Waals surface area contributed by atoms with Crippen molar-refractivity contribution in [2.45, 2.75) is 13.5 Å². The molecule has 1 N–H and O–H groups in total. The number of hydrazine groups is 1. The van der Waals surface area contributed by atoms with E-state index < -0.39 is 11.8 Å². The van der Waals surface area contributed by atoms with Gasteiger partial charge in [0.2, 0.25) is 0 Å². The lowest BCUT2D eigenvalue weighted by molar-refractivity contribution is -0.117. The molecule has 6 nitrogen and oxygen atoms in total. The predicted octanol–water partition coefficient (Wildman–Crippen LogP) is 5.93. The van der Waals surface area contributed by atoms with Crippen molar-refractivity contribution in [2.75, 3.05) is 11.6 Å². The molecule has 4 aromatic rings. The van der Waals surface area contributed by atoms with E-state index in [9.17, 15) is 9.59 Å². The van der Waals surface area contributed by atoms with Crippen molar-refractivity contribution in [2.24, 2.45) is 0 Å². The molecule has 180 valence electrons. The Bertz CT molecular complexity index is 1480. The van der Waals surface area contributed by atoms with E-state index in [0.717, 1.165) is 16.3 Å².